The highest BCUT2D eigenvalue weighted by molar-refractivity contribution is 5.99. The van der Waals surface area contributed by atoms with Crippen LogP contribution < -0.4 is 16.8 Å². The van der Waals surface area contributed by atoms with Crippen LogP contribution in [0.1, 0.15) is 29.3 Å². The number of anilines is 1. The number of nitrogens with two attached hydrogens (primary N) is 2. The number of carbonyl (C=O) groups is 3. The van der Waals surface area contributed by atoms with Gasteiger partial charge >= 0.3 is 5.97 Å². The molecule has 0 fully saturated rings. The van der Waals surface area contributed by atoms with Crippen molar-refractivity contribution in [3.63, 3.8) is 0 Å². The molecule has 31 heavy (non-hydrogen) atoms. The zero-order chi connectivity index (χ0) is 22.8. The molecule has 10 heteroatoms. The van der Waals surface area contributed by atoms with Gasteiger partial charge < -0.3 is 26.4 Å². The molecular weight excluding hydrogens is 400 g/mol. The van der Waals surface area contributed by atoms with Crippen molar-refractivity contribution in [1.82, 2.24) is 9.88 Å². The Morgan fingerprint density at radius 1 is 1.19 bits per heavy atom. The number of nitrogens with one attached hydrogen (secondary N) is 1. The molecule has 0 unspecified atom stereocenters. The van der Waals surface area contributed by atoms with Crippen molar-refractivity contribution in [1.29, 1.82) is 0 Å². The molecule has 0 saturated heterocycles. The minimum absolute atomic E-state index is 0.119. The standard InChI is InChI=1S/C21H26N6O4/c1-3-31-18(29)10-9-14-7-5-11-24-19(14)26-17(28)13-27(2)20(30)15-6-4-8-16(12-15)25-21(22)23/h4-8,11-12H,3,9-10,13H2,1-2H3,(H4,22,23,25)(H,24,26,28). The number of carbonyl (C=O) groups excluding carboxylic acids is 3. The Bertz CT molecular complexity index is 972. The van der Waals surface area contributed by atoms with E-state index in [0.717, 1.165) is 0 Å². The number of nitrogens with zero attached hydrogens (tertiary/aromatic N) is 3. The largest absolute Gasteiger partial charge is 0.466 e. The van der Waals surface area contributed by atoms with E-state index in [2.05, 4.69) is 15.3 Å². The van der Waals surface area contributed by atoms with Gasteiger partial charge in [0.15, 0.2) is 5.96 Å². The number of hydrogen-bond acceptors (Lipinski definition) is 6. The van der Waals surface area contributed by atoms with Gasteiger partial charge in [-0.25, -0.2) is 9.98 Å². The molecule has 1 heterocycles. The SMILES string of the molecule is CCOC(=O)CCc1cccnc1NC(=O)CN(C)C(=O)c1cccc(N=C(N)N)c1. The van der Waals surface area contributed by atoms with Crippen LogP contribution in [0.2, 0.25) is 0 Å². The van der Waals surface area contributed by atoms with Crippen molar-refractivity contribution < 1.29 is 19.1 Å². The fraction of sp³-hybridized carbons (Fsp3) is 0.286. The summed E-state index contributed by atoms with van der Waals surface area (Å²) in [5.41, 5.74) is 12.2. The zero-order valence-electron chi connectivity index (χ0n) is 17.5. The lowest BCUT2D eigenvalue weighted by Crippen LogP contribution is -2.35. The van der Waals surface area contributed by atoms with E-state index in [1.54, 1.807) is 37.3 Å². The van der Waals surface area contributed by atoms with Crippen LogP contribution in [0.3, 0.4) is 0 Å². The molecule has 0 spiro atoms. The molecule has 164 valence electrons. The molecule has 0 radical (unpaired) electrons. The van der Waals surface area contributed by atoms with Crippen LogP contribution in [0, 0.1) is 0 Å². The van der Waals surface area contributed by atoms with Crippen molar-refractivity contribution in [3.05, 3.63) is 53.7 Å². The van der Waals surface area contributed by atoms with Crippen LogP contribution in [0.15, 0.2) is 47.6 Å². The molecule has 0 aliphatic rings. The molecule has 1 aromatic carbocycles. The van der Waals surface area contributed by atoms with Crippen LogP contribution in [-0.4, -0.2) is 53.8 Å². The summed E-state index contributed by atoms with van der Waals surface area (Å²) >= 11 is 0. The Morgan fingerprint density at radius 2 is 1.97 bits per heavy atom. The number of aryl methyl sites for hydroxylation is 1. The fourth-order valence-corrected chi connectivity index (χ4v) is 2.76. The number of benzene rings is 1. The van der Waals surface area contributed by atoms with Gasteiger partial charge in [-0.15, -0.1) is 0 Å². The number of aromatic nitrogens is 1. The number of rotatable bonds is 9. The number of guanidine groups is 1. The van der Waals surface area contributed by atoms with Gasteiger partial charge in [-0.1, -0.05) is 12.1 Å². The maximum atomic E-state index is 12.6. The van der Waals surface area contributed by atoms with Gasteiger partial charge in [-0.3, -0.25) is 14.4 Å². The highest BCUT2D eigenvalue weighted by atomic mass is 16.5. The summed E-state index contributed by atoms with van der Waals surface area (Å²) in [4.78, 5) is 46.1. The highest BCUT2D eigenvalue weighted by Gasteiger charge is 2.17. The maximum Gasteiger partial charge on any atom is 0.306 e. The molecular formula is C21H26N6O4. The van der Waals surface area contributed by atoms with Crippen LogP contribution in [-0.2, 0) is 20.7 Å². The quantitative estimate of drug-likeness (QED) is 0.309. The number of pyridine rings is 1. The first kappa shape index (κ1) is 23.3. The van der Waals surface area contributed by atoms with Crippen molar-refractivity contribution in [2.75, 3.05) is 25.5 Å². The van der Waals surface area contributed by atoms with E-state index in [9.17, 15) is 14.4 Å². The molecule has 10 nitrogen and oxygen atoms in total. The predicted molar refractivity (Wildman–Crippen MR) is 117 cm³/mol. The van der Waals surface area contributed by atoms with Crippen molar-refractivity contribution in [3.8, 4) is 0 Å². The molecule has 0 bridgehead atoms. The normalized spacial score (nSPS) is 10.1. The van der Waals surface area contributed by atoms with E-state index in [1.165, 1.54) is 24.2 Å². The fourth-order valence-electron chi connectivity index (χ4n) is 2.76. The van der Waals surface area contributed by atoms with Gasteiger partial charge in [0.2, 0.25) is 5.91 Å². The van der Waals surface area contributed by atoms with Gasteiger partial charge in [0.05, 0.1) is 18.8 Å². The smallest absolute Gasteiger partial charge is 0.306 e. The third kappa shape index (κ3) is 7.42. The molecule has 2 rings (SSSR count). The second-order valence-electron chi connectivity index (χ2n) is 6.61. The molecule has 0 aliphatic carbocycles. The summed E-state index contributed by atoms with van der Waals surface area (Å²) < 4.78 is 4.92. The first-order chi connectivity index (χ1) is 14.8. The van der Waals surface area contributed by atoms with Crippen LogP contribution >= 0.6 is 0 Å². The lowest BCUT2D eigenvalue weighted by Gasteiger charge is -2.17. The van der Waals surface area contributed by atoms with E-state index >= 15 is 0 Å². The maximum absolute atomic E-state index is 12.6. The Labute approximate surface area is 180 Å². The molecule has 2 amide bonds. The van der Waals surface area contributed by atoms with E-state index < -0.39 is 5.91 Å². The molecule has 0 aliphatic heterocycles. The number of aliphatic imine (C=N–C) groups is 1. The molecule has 5 N–H and O–H groups in total. The van der Waals surface area contributed by atoms with Gasteiger partial charge in [0, 0.05) is 25.2 Å². The molecule has 2 aromatic rings. The Morgan fingerprint density at radius 3 is 2.68 bits per heavy atom. The first-order valence-corrected chi connectivity index (χ1v) is 9.64. The van der Waals surface area contributed by atoms with E-state index in [1.807, 2.05) is 0 Å². The van der Waals surface area contributed by atoms with Gasteiger partial charge in [0.1, 0.15) is 5.82 Å². The van der Waals surface area contributed by atoms with Crippen molar-refractivity contribution in [2.45, 2.75) is 19.8 Å². The number of ether oxygens (including phenoxy) is 1. The lowest BCUT2D eigenvalue weighted by molar-refractivity contribution is -0.143. The first-order valence-electron chi connectivity index (χ1n) is 9.64. The second-order valence-corrected chi connectivity index (χ2v) is 6.61. The summed E-state index contributed by atoms with van der Waals surface area (Å²) in [7, 11) is 1.51. The van der Waals surface area contributed by atoms with Crippen molar-refractivity contribution >= 4 is 35.2 Å². The average molecular weight is 426 g/mol. The monoisotopic (exact) mass is 426 g/mol. The van der Waals surface area contributed by atoms with Gasteiger partial charge in [0.25, 0.3) is 5.91 Å². The predicted octanol–water partition coefficient (Wildman–Crippen LogP) is 1.19. The minimum atomic E-state index is -0.424. The third-order valence-electron chi connectivity index (χ3n) is 4.13. The Kier molecular flexibility index (Phi) is 8.50. The Hall–Kier alpha value is -3.95. The second kappa shape index (κ2) is 11.3. The van der Waals surface area contributed by atoms with Crippen molar-refractivity contribution in [2.24, 2.45) is 16.5 Å². The van der Waals surface area contributed by atoms with Gasteiger partial charge in [-0.2, -0.15) is 0 Å². The summed E-state index contributed by atoms with van der Waals surface area (Å²) in [6, 6.07) is 9.92. The Balaban J connectivity index is 2.00. The van der Waals surface area contributed by atoms with E-state index in [0.29, 0.717) is 35.7 Å². The van der Waals surface area contributed by atoms with Crippen LogP contribution in [0.25, 0.3) is 0 Å². The molecule has 0 saturated carbocycles. The summed E-state index contributed by atoms with van der Waals surface area (Å²) in [6.45, 7) is 1.85. The summed E-state index contributed by atoms with van der Waals surface area (Å²) in [5, 5.41) is 2.69. The number of likely N-dealkylation sites (N-methyl/N-ethyl adjacent to an activating group) is 1. The zero-order valence-corrected chi connectivity index (χ0v) is 17.5. The van der Waals surface area contributed by atoms with Crippen LogP contribution in [0.5, 0.6) is 0 Å². The van der Waals surface area contributed by atoms with E-state index in [-0.39, 0.29) is 30.8 Å². The number of amides is 2. The van der Waals surface area contributed by atoms with Crippen LogP contribution in [0.4, 0.5) is 11.5 Å². The highest BCUT2D eigenvalue weighted by Crippen LogP contribution is 2.16. The number of esters is 1. The minimum Gasteiger partial charge on any atom is -0.466 e. The third-order valence-corrected chi connectivity index (χ3v) is 4.13. The van der Waals surface area contributed by atoms with E-state index in [4.69, 9.17) is 16.2 Å². The topological polar surface area (TPSA) is 153 Å². The average Bonchev–Trinajstić information content (AvgIpc) is 2.72. The summed E-state index contributed by atoms with van der Waals surface area (Å²) in [5.74, 6) is -0.894. The van der Waals surface area contributed by atoms with Gasteiger partial charge in [-0.05, 0) is 43.2 Å². The lowest BCUT2D eigenvalue weighted by atomic mass is 10.1. The number of hydrogen-bond donors (Lipinski definition) is 3. The molecule has 0 atom stereocenters. The summed E-state index contributed by atoms with van der Waals surface area (Å²) in [6.07, 6.45) is 2.08. The molecule has 1 aromatic heterocycles.